The third-order valence-corrected chi connectivity index (χ3v) is 2.43. The van der Waals surface area contributed by atoms with Crippen LogP contribution in [0.1, 0.15) is 31.9 Å². The molecule has 3 heteroatoms. The molecule has 0 spiro atoms. The number of hydrogen-bond donors (Lipinski definition) is 1. The molecule has 1 aromatic heterocycles. The Balaban J connectivity index is 2.01. The third-order valence-electron chi connectivity index (χ3n) is 2.43. The highest BCUT2D eigenvalue weighted by atomic mass is 15.3. The third kappa shape index (κ3) is 1.91. The van der Waals surface area contributed by atoms with Crippen LogP contribution in [0.2, 0.25) is 0 Å². The van der Waals surface area contributed by atoms with Crippen molar-refractivity contribution in [1.82, 2.24) is 9.78 Å². The molecule has 3 nitrogen and oxygen atoms in total. The van der Waals surface area contributed by atoms with E-state index in [4.69, 9.17) is 5.73 Å². The maximum Gasteiger partial charge on any atom is 0.0671 e. The van der Waals surface area contributed by atoms with E-state index in [2.05, 4.69) is 31.2 Å². The fourth-order valence-electron chi connectivity index (χ4n) is 1.61. The Hall–Kier alpha value is -0.830. The first kappa shape index (κ1) is 8.75. The van der Waals surface area contributed by atoms with Crippen LogP contribution in [0.15, 0.2) is 12.3 Å². The molecule has 13 heavy (non-hydrogen) atoms. The summed E-state index contributed by atoms with van der Waals surface area (Å²) in [6.07, 6.45) is 3.17. The maximum absolute atomic E-state index is 5.76. The van der Waals surface area contributed by atoms with Crippen LogP contribution in [0.3, 0.4) is 0 Å². The molecule has 0 radical (unpaired) electrons. The molecular weight excluding hydrogens is 162 g/mol. The molecule has 72 valence electrons. The highest BCUT2D eigenvalue weighted by molar-refractivity contribution is 5.18. The first-order chi connectivity index (χ1) is 6.16. The first-order valence-corrected chi connectivity index (χ1v) is 4.95. The van der Waals surface area contributed by atoms with Crippen LogP contribution >= 0.6 is 0 Å². The van der Waals surface area contributed by atoms with Crippen LogP contribution in [0.5, 0.6) is 0 Å². The Morgan fingerprint density at radius 2 is 2.38 bits per heavy atom. The van der Waals surface area contributed by atoms with Gasteiger partial charge in [-0.25, -0.2) is 0 Å². The van der Waals surface area contributed by atoms with Gasteiger partial charge in [-0.1, -0.05) is 13.8 Å². The zero-order chi connectivity index (χ0) is 9.42. The van der Waals surface area contributed by atoms with Crippen molar-refractivity contribution < 1.29 is 0 Å². The lowest BCUT2D eigenvalue weighted by Crippen LogP contribution is -2.06. The molecule has 1 aromatic rings. The molecule has 2 N–H and O–H groups in total. The SMILES string of the molecule is CC(C)Cn1ccc([C@@H]2C[C@H]2N)n1. The van der Waals surface area contributed by atoms with E-state index in [0.29, 0.717) is 17.9 Å². The van der Waals surface area contributed by atoms with E-state index in [1.54, 1.807) is 0 Å². The molecule has 0 amide bonds. The number of nitrogens with zero attached hydrogens (tertiary/aromatic N) is 2. The van der Waals surface area contributed by atoms with Gasteiger partial charge in [-0.15, -0.1) is 0 Å². The van der Waals surface area contributed by atoms with Crippen molar-refractivity contribution in [2.45, 2.75) is 38.8 Å². The van der Waals surface area contributed by atoms with Crippen LogP contribution in [-0.4, -0.2) is 15.8 Å². The lowest BCUT2D eigenvalue weighted by Gasteiger charge is -2.03. The zero-order valence-corrected chi connectivity index (χ0v) is 8.27. The van der Waals surface area contributed by atoms with E-state index >= 15 is 0 Å². The molecule has 1 aliphatic carbocycles. The Labute approximate surface area is 78.9 Å². The number of nitrogens with two attached hydrogens (primary N) is 1. The van der Waals surface area contributed by atoms with Gasteiger partial charge in [0, 0.05) is 24.7 Å². The second-order valence-corrected chi connectivity index (χ2v) is 4.36. The van der Waals surface area contributed by atoms with Crippen LogP contribution < -0.4 is 5.73 Å². The van der Waals surface area contributed by atoms with E-state index in [9.17, 15) is 0 Å². The maximum atomic E-state index is 5.76. The second-order valence-electron chi connectivity index (χ2n) is 4.36. The summed E-state index contributed by atoms with van der Waals surface area (Å²) in [5.41, 5.74) is 6.93. The van der Waals surface area contributed by atoms with Gasteiger partial charge in [-0.05, 0) is 18.4 Å². The molecule has 2 rings (SSSR count). The van der Waals surface area contributed by atoms with Crippen molar-refractivity contribution in [2.75, 3.05) is 0 Å². The summed E-state index contributed by atoms with van der Waals surface area (Å²) >= 11 is 0. The lowest BCUT2D eigenvalue weighted by atomic mass is 10.2. The van der Waals surface area contributed by atoms with Crippen LogP contribution in [-0.2, 0) is 6.54 Å². The average molecular weight is 179 g/mol. The summed E-state index contributed by atoms with van der Waals surface area (Å²) in [5.74, 6) is 1.19. The largest absolute Gasteiger partial charge is 0.327 e. The monoisotopic (exact) mass is 179 g/mol. The molecule has 1 heterocycles. The smallest absolute Gasteiger partial charge is 0.0671 e. The van der Waals surface area contributed by atoms with Crippen molar-refractivity contribution in [3.63, 3.8) is 0 Å². The summed E-state index contributed by atoms with van der Waals surface area (Å²) in [5, 5.41) is 4.50. The van der Waals surface area contributed by atoms with Crippen LogP contribution in [0, 0.1) is 5.92 Å². The lowest BCUT2D eigenvalue weighted by molar-refractivity contribution is 0.479. The molecular formula is C10H17N3. The van der Waals surface area contributed by atoms with Crippen LogP contribution in [0.4, 0.5) is 0 Å². The summed E-state index contributed by atoms with van der Waals surface area (Å²) in [4.78, 5) is 0. The highest BCUT2D eigenvalue weighted by Gasteiger charge is 2.36. The molecule has 1 aliphatic rings. The Morgan fingerprint density at radius 3 is 2.92 bits per heavy atom. The van der Waals surface area contributed by atoms with Gasteiger partial charge in [0.2, 0.25) is 0 Å². The first-order valence-electron chi connectivity index (χ1n) is 4.95. The summed E-state index contributed by atoms with van der Waals surface area (Å²) in [7, 11) is 0. The van der Waals surface area contributed by atoms with Gasteiger partial charge in [0.15, 0.2) is 0 Å². The molecule has 2 atom stereocenters. The van der Waals surface area contributed by atoms with Gasteiger partial charge in [0.1, 0.15) is 0 Å². The Kier molecular flexibility index (Phi) is 2.12. The van der Waals surface area contributed by atoms with Gasteiger partial charge in [-0.3, -0.25) is 4.68 Å². The van der Waals surface area contributed by atoms with E-state index in [1.807, 2.05) is 4.68 Å². The minimum Gasteiger partial charge on any atom is -0.327 e. The van der Waals surface area contributed by atoms with Gasteiger partial charge in [0.25, 0.3) is 0 Å². The van der Waals surface area contributed by atoms with Gasteiger partial charge >= 0.3 is 0 Å². The number of rotatable bonds is 3. The zero-order valence-electron chi connectivity index (χ0n) is 8.27. The van der Waals surface area contributed by atoms with E-state index < -0.39 is 0 Å². The van der Waals surface area contributed by atoms with Crippen LogP contribution in [0.25, 0.3) is 0 Å². The predicted molar refractivity (Wildman–Crippen MR) is 52.4 cm³/mol. The van der Waals surface area contributed by atoms with Crippen molar-refractivity contribution in [2.24, 2.45) is 11.7 Å². The number of hydrogen-bond acceptors (Lipinski definition) is 2. The summed E-state index contributed by atoms with van der Waals surface area (Å²) < 4.78 is 2.02. The molecule has 0 aliphatic heterocycles. The average Bonchev–Trinajstić information content (AvgIpc) is 2.60. The van der Waals surface area contributed by atoms with Gasteiger partial charge < -0.3 is 5.73 Å². The minimum atomic E-state index is 0.363. The Bertz CT molecular complexity index is 290. The number of aromatic nitrogens is 2. The topological polar surface area (TPSA) is 43.8 Å². The molecule has 0 saturated heterocycles. The van der Waals surface area contributed by atoms with E-state index in [0.717, 1.165) is 13.0 Å². The fourth-order valence-corrected chi connectivity index (χ4v) is 1.61. The standard InChI is InChI=1S/C10H17N3/c1-7(2)6-13-4-3-10(12-13)8-5-9(8)11/h3-4,7-9H,5-6,11H2,1-2H3/t8-,9-/m1/s1. The fraction of sp³-hybridized carbons (Fsp3) is 0.700. The molecule has 1 saturated carbocycles. The second kappa shape index (κ2) is 3.14. The summed E-state index contributed by atoms with van der Waals surface area (Å²) in [6, 6.07) is 2.46. The van der Waals surface area contributed by atoms with Gasteiger partial charge in [-0.2, -0.15) is 5.10 Å². The van der Waals surface area contributed by atoms with E-state index in [1.165, 1.54) is 5.69 Å². The van der Waals surface area contributed by atoms with E-state index in [-0.39, 0.29) is 0 Å². The molecule has 0 bridgehead atoms. The highest BCUT2D eigenvalue weighted by Crippen LogP contribution is 2.37. The van der Waals surface area contributed by atoms with Crippen molar-refractivity contribution in [1.29, 1.82) is 0 Å². The molecule has 1 fully saturated rings. The predicted octanol–water partition coefficient (Wildman–Crippen LogP) is 1.35. The molecule has 0 unspecified atom stereocenters. The normalized spacial score (nSPS) is 26.8. The summed E-state index contributed by atoms with van der Waals surface area (Å²) in [6.45, 7) is 5.40. The minimum absolute atomic E-state index is 0.363. The van der Waals surface area contributed by atoms with Gasteiger partial charge in [0.05, 0.1) is 5.69 Å². The quantitative estimate of drug-likeness (QED) is 0.761. The Morgan fingerprint density at radius 1 is 1.69 bits per heavy atom. The molecule has 0 aromatic carbocycles. The van der Waals surface area contributed by atoms with Crippen molar-refractivity contribution >= 4 is 0 Å². The van der Waals surface area contributed by atoms with Crippen molar-refractivity contribution in [3.05, 3.63) is 18.0 Å². The van der Waals surface area contributed by atoms with Crippen molar-refractivity contribution in [3.8, 4) is 0 Å².